The van der Waals surface area contributed by atoms with Crippen LogP contribution in [0.5, 0.6) is 0 Å². The Bertz CT molecular complexity index is 855. The number of carbonyl (C=O) groups is 1. The number of carbonyl (C=O) groups excluding carboxylic acids is 1. The van der Waals surface area contributed by atoms with Gasteiger partial charge in [-0.2, -0.15) is 0 Å². The van der Waals surface area contributed by atoms with E-state index >= 15 is 0 Å². The van der Waals surface area contributed by atoms with Crippen molar-refractivity contribution in [2.45, 2.75) is 56.9 Å². The lowest BCUT2D eigenvalue weighted by Crippen LogP contribution is -2.39. The van der Waals surface area contributed by atoms with Crippen LogP contribution in [0.4, 0.5) is 0 Å². The molecule has 1 aromatic carbocycles. The molecule has 5 rings (SSSR count). The molecule has 1 aliphatic heterocycles. The highest BCUT2D eigenvalue weighted by Gasteiger charge is 2.72. The van der Waals surface area contributed by atoms with Crippen molar-refractivity contribution in [1.82, 2.24) is 25.4 Å². The molecule has 2 aromatic rings. The quantitative estimate of drug-likeness (QED) is 0.833. The topological polar surface area (TPSA) is 71.8 Å². The van der Waals surface area contributed by atoms with Gasteiger partial charge in [-0.15, -0.1) is 10.2 Å². The minimum absolute atomic E-state index is 0.191. The fraction of sp³-hybridized carbons (Fsp3) is 0.591. The van der Waals surface area contributed by atoms with Gasteiger partial charge in [0, 0.05) is 39.0 Å². The molecule has 2 saturated carbocycles. The van der Waals surface area contributed by atoms with Crippen molar-refractivity contribution in [3.8, 4) is 0 Å². The molecule has 2 aliphatic carbocycles. The number of nitrogens with one attached hydrogen (secondary N) is 2. The van der Waals surface area contributed by atoms with Gasteiger partial charge < -0.3 is 15.2 Å². The second-order valence-corrected chi connectivity index (χ2v) is 8.63. The lowest BCUT2D eigenvalue weighted by Gasteiger charge is -2.22. The molecule has 28 heavy (non-hydrogen) atoms. The van der Waals surface area contributed by atoms with Crippen molar-refractivity contribution >= 4 is 5.91 Å². The van der Waals surface area contributed by atoms with E-state index in [1.54, 1.807) is 0 Å². The zero-order valence-corrected chi connectivity index (χ0v) is 16.4. The van der Waals surface area contributed by atoms with Gasteiger partial charge in [-0.3, -0.25) is 4.79 Å². The Labute approximate surface area is 166 Å². The lowest BCUT2D eigenvalue weighted by atomic mass is 9.84. The van der Waals surface area contributed by atoms with E-state index in [1.165, 1.54) is 31.2 Å². The number of nitrogens with zero attached hydrogens (tertiary/aromatic N) is 3. The molecule has 6 nitrogen and oxygen atoms in total. The van der Waals surface area contributed by atoms with Crippen LogP contribution >= 0.6 is 0 Å². The van der Waals surface area contributed by atoms with Crippen LogP contribution in [-0.2, 0) is 29.6 Å². The molecular formula is C22H29N5O. The summed E-state index contributed by atoms with van der Waals surface area (Å²) in [6, 6.07) is 10.4. The fourth-order valence-corrected chi connectivity index (χ4v) is 5.66. The largest absolute Gasteiger partial charge is 0.355 e. The smallest absolute Gasteiger partial charge is 0.231 e. The average molecular weight is 380 g/mol. The summed E-state index contributed by atoms with van der Waals surface area (Å²) in [5.74, 6) is 2.25. The average Bonchev–Trinajstić information content (AvgIpc) is 3.02. The molecule has 2 heterocycles. The van der Waals surface area contributed by atoms with Crippen LogP contribution in [0.25, 0.3) is 0 Å². The van der Waals surface area contributed by atoms with E-state index in [1.807, 2.05) is 6.07 Å². The van der Waals surface area contributed by atoms with Crippen molar-refractivity contribution < 1.29 is 4.79 Å². The molecule has 1 atom stereocenters. The van der Waals surface area contributed by atoms with Crippen LogP contribution < -0.4 is 10.6 Å². The number of benzene rings is 1. The van der Waals surface area contributed by atoms with E-state index in [2.05, 4.69) is 49.7 Å². The summed E-state index contributed by atoms with van der Waals surface area (Å²) in [6.07, 6.45) is 7.51. The van der Waals surface area contributed by atoms with Gasteiger partial charge in [0.2, 0.25) is 5.91 Å². The zero-order chi connectivity index (χ0) is 19.0. The van der Waals surface area contributed by atoms with E-state index in [0.717, 1.165) is 50.5 Å². The molecule has 3 aliphatic rings. The highest BCUT2D eigenvalue weighted by molar-refractivity contribution is 5.93. The SMILES string of the molecule is O=C(NCCc1nnc2n1CCNCC2)[C@]1(c2ccccc2)CC12CCCC2. The molecule has 2 fully saturated rings. The van der Waals surface area contributed by atoms with Crippen LogP contribution in [0, 0.1) is 5.41 Å². The van der Waals surface area contributed by atoms with Crippen LogP contribution in [0.15, 0.2) is 30.3 Å². The van der Waals surface area contributed by atoms with Crippen molar-refractivity contribution in [2.75, 3.05) is 19.6 Å². The Balaban J connectivity index is 1.29. The fourth-order valence-electron chi connectivity index (χ4n) is 5.66. The number of hydrogen-bond acceptors (Lipinski definition) is 4. The van der Waals surface area contributed by atoms with Gasteiger partial charge >= 0.3 is 0 Å². The number of amides is 1. The number of rotatable bonds is 5. The van der Waals surface area contributed by atoms with Gasteiger partial charge in [-0.05, 0) is 30.2 Å². The Morgan fingerprint density at radius 3 is 2.79 bits per heavy atom. The maximum Gasteiger partial charge on any atom is 0.231 e. The lowest BCUT2D eigenvalue weighted by molar-refractivity contribution is -0.124. The summed E-state index contributed by atoms with van der Waals surface area (Å²) in [5, 5.41) is 15.4. The first-order valence-electron chi connectivity index (χ1n) is 10.7. The molecule has 1 aromatic heterocycles. The molecular weight excluding hydrogens is 350 g/mol. The second-order valence-electron chi connectivity index (χ2n) is 8.63. The van der Waals surface area contributed by atoms with Gasteiger partial charge in [-0.1, -0.05) is 43.2 Å². The van der Waals surface area contributed by atoms with E-state index in [4.69, 9.17) is 0 Å². The normalized spacial score (nSPS) is 25.3. The Hall–Kier alpha value is -2.21. The number of fused-ring (bicyclic) bond motifs is 1. The predicted molar refractivity (Wildman–Crippen MR) is 107 cm³/mol. The van der Waals surface area contributed by atoms with Crippen LogP contribution in [0.2, 0.25) is 0 Å². The summed E-state index contributed by atoms with van der Waals surface area (Å²) in [7, 11) is 0. The minimum atomic E-state index is -0.323. The Morgan fingerprint density at radius 1 is 1.14 bits per heavy atom. The third kappa shape index (κ3) is 2.77. The first kappa shape index (κ1) is 17.9. The highest BCUT2D eigenvalue weighted by atomic mass is 16.2. The molecule has 1 amide bonds. The Kier molecular flexibility index (Phi) is 4.46. The zero-order valence-electron chi connectivity index (χ0n) is 16.4. The van der Waals surface area contributed by atoms with Gasteiger partial charge in [0.1, 0.15) is 11.6 Å². The molecule has 0 radical (unpaired) electrons. The van der Waals surface area contributed by atoms with Crippen LogP contribution in [0.1, 0.15) is 49.3 Å². The van der Waals surface area contributed by atoms with Crippen LogP contribution in [0.3, 0.4) is 0 Å². The highest BCUT2D eigenvalue weighted by Crippen LogP contribution is 2.72. The Morgan fingerprint density at radius 2 is 1.96 bits per heavy atom. The second kappa shape index (κ2) is 6.99. The summed E-state index contributed by atoms with van der Waals surface area (Å²) < 4.78 is 2.22. The number of aromatic nitrogens is 3. The molecule has 148 valence electrons. The van der Waals surface area contributed by atoms with E-state index in [0.29, 0.717) is 6.54 Å². The van der Waals surface area contributed by atoms with Gasteiger partial charge in [0.25, 0.3) is 0 Å². The molecule has 2 N–H and O–H groups in total. The standard InChI is InChI=1S/C22H29N5O/c28-20(24-13-9-19-26-25-18-8-12-23-14-15-27(18)19)22(17-6-2-1-3-7-17)16-21(22)10-4-5-11-21/h1-3,6-7,23H,4-5,8-16H2,(H,24,28)/t22-/m1/s1. The third-order valence-electron chi connectivity index (χ3n) is 7.17. The summed E-state index contributed by atoms with van der Waals surface area (Å²) in [5.41, 5.74) is 1.06. The molecule has 0 saturated heterocycles. The van der Waals surface area contributed by atoms with Gasteiger partial charge in [0.05, 0.1) is 5.41 Å². The van der Waals surface area contributed by atoms with Crippen molar-refractivity contribution in [3.63, 3.8) is 0 Å². The molecule has 1 spiro atoms. The molecule has 0 bridgehead atoms. The van der Waals surface area contributed by atoms with Crippen molar-refractivity contribution in [3.05, 3.63) is 47.5 Å². The van der Waals surface area contributed by atoms with Gasteiger partial charge in [0.15, 0.2) is 0 Å². The van der Waals surface area contributed by atoms with Crippen molar-refractivity contribution in [1.29, 1.82) is 0 Å². The minimum Gasteiger partial charge on any atom is -0.355 e. The first-order valence-corrected chi connectivity index (χ1v) is 10.7. The maximum absolute atomic E-state index is 13.4. The van der Waals surface area contributed by atoms with Crippen molar-refractivity contribution in [2.24, 2.45) is 5.41 Å². The monoisotopic (exact) mass is 379 g/mol. The van der Waals surface area contributed by atoms with E-state index in [9.17, 15) is 4.79 Å². The van der Waals surface area contributed by atoms with E-state index < -0.39 is 0 Å². The number of hydrogen-bond donors (Lipinski definition) is 2. The van der Waals surface area contributed by atoms with Crippen LogP contribution in [-0.4, -0.2) is 40.3 Å². The predicted octanol–water partition coefficient (Wildman–Crippen LogP) is 1.98. The van der Waals surface area contributed by atoms with E-state index in [-0.39, 0.29) is 16.7 Å². The molecule has 6 heteroatoms. The third-order valence-corrected chi connectivity index (χ3v) is 7.17. The molecule has 0 unspecified atom stereocenters. The first-order chi connectivity index (χ1) is 13.8. The summed E-state index contributed by atoms with van der Waals surface area (Å²) in [6.45, 7) is 3.43. The summed E-state index contributed by atoms with van der Waals surface area (Å²) in [4.78, 5) is 13.4. The summed E-state index contributed by atoms with van der Waals surface area (Å²) >= 11 is 0. The van der Waals surface area contributed by atoms with Gasteiger partial charge in [-0.25, -0.2) is 0 Å². The maximum atomic E-state index is 13.4.